The number of ether oxygens (including phenoxy) is 1. The van der Waals surface area contributed by atoms with Gasteiger partial charge in [0.1, 0.15) is 5.75 Å². The highest BCUT2D eigenvalue weighted by Gasteiger charge is 1.99. The summed E-state index contributed by atoms with van der Waals surface area (Å²) in [5.74, 6) is 0.830. The molecule has 1 rings (SSSR count). The summed E-state index contributed by atoms with van der Waals surface area (Å²) in [5, 5.41) is 7.13. The summed E-state index contributed by atoms with van der Waals surface area (Å²) >= 11 is 5.31. The summed E-state index contributed by atoms with van der Waals surface area (Å²) in [7, 11) is 1.67. The Hall–Kier alpha value is -1.29. The van der Waals surface area contributed by atoms with Crippen LogP contribution in [0.2, 0.25) is 0 Å². The Morgan fingerprint density at radius 3 is 2.30 bits per heavy atom. The van der Waals surface area contributed by atoms with Gasteiger partial charge in [0, 0.05) is 18.3 Å². The minimum absolute atomic E-state index is 0.679. The van der Waals surface area contributed by atoms with Crippen molar-refractivity contribution in [3.63, 3.8) is 0 Å². The second-order valence-corrected chi connectivity index (χ2v) is 6.35. The van der Waals surface area contributed by atoms with Crippen molar-refractivity contribution in [2.24, 2.45) is 0 Å². The highest BCUT2D eigenvalue weighted by atomic mass is 32.1. The molecule has 0 aliphatic heterocycles. The molecule has 3 nitrogen and oxygen atoms in total. The molecule has 0 atom stereocenters. The maximum absolute atomic E-state index is 5.31. The lowest BCUT2D eigenvalue weighted by molar-refractivity contribution is 0.415. The van der Waals surface area contributed by atoms with E-state index in [9.17, 15) is 0 Å². The molecule has 0 heterocycles. The molecule has 0 saturated heterocycles. The van der Waals surface area contributed by atoms with Crippen molar-refractivity contribution in [1.29, 1.82) is 0 Å². The molecule has 0 bridgehead atoms. The number of rotatable bonds is 12. The van der Waals surface area contributed by atoms with E-state index >= 15 is 0 Å². The summed E-state index contributed by atoms with van der Waals surface area (Å²) in [6, 6.07) is 7.79. The highest BCUT2D eigenvalue weighted by molar-refractivity contribution is 7.80. The van der Waals surface area contributed by atoms with E-state index in [0.717, 1.165) is 18.0 Å². The van der Waals surface area contributed by atoms with Gasteiger partial charge in [-0.05, 0) is 30.8 Å². The van der Waals surface area contributed by atoms with E-state index in [1.807, 2.05) is 24.3 Å². The van der Waals surface area contributed by atoms with Gasteiger partial charge in [-0.2, -0.15) is 0 Å². The van der Waals surface area contributed by atoms with E-state index in [1.165, 1.54) is 57.8 Å². The van der Waals surface area contributed by atoms with E-state index in [0.29, 0.717) is 5.11 Å². The van der Waals surface area contributed by atoms with Crippen LogP contribution >= 0.6 is 12.2 Å². The predicted molar refractivity (Wildman–Crippen MR) is 104 cm³/mol. The molecular formula is C19H32N2OS. The first kappa shape index (κ1) is 19.8. The van der Waals surface area contributed by atoms with Crippen LogP contribution in [0.4, 0.5) is 5.69 Å². The van der Waals surface area contributed by atoms with Gasteiger partial charge in [0.2, 0.25) is 0 Å². The lowest BCUT2D eigenvalue weighted by Crippen LogP contribution is -2.29. The fourth-order valence-corrected chi connectivity index (χ4v) is 2.73. The van der Waals surface area contributed by atoms with Crippen LogP contribution in [0.1, 0.15) is 64.7 Å². The molecule has 0 aliphatic carbocycles. The number of nitrogens with one attached hydrogen (secondary N) is 2. The standard InChI is InChI=1S/C19H32N2OS/c1-3-4-5-6-7-8-9-10-11-15-20-19(23)21-17-13-12-14-18(16-17)22-2/h12-14,16H,3-11,15H2,1-2H3,(H2,20,21,23). The predicted octanol–water partition coefficient (Wildman–Crippen LogP) is 5.51. The minimum atomic E-state index is 0.679. The number of unbranched alkanes of at least 4 members (excludes halogenated alkanes) is 8. The molecule has 0 spiro atoms. The van der Waals surface area contributed by atoms with Gasteiger partial charge in [-0.1, -0.05) is 64.4 Å². The summed E-state index contributed by atoms with van der Waals surface area (Å²) in [6.45, 7) is 3.20. The van der Waals surface area contributed by atoms with Crippen molar-refractivity contribution in [3.8, 4) is 5.75 Å². The van der Waals surface area contributed by atoms with Crippen molar-refractivity contribution in [2.75, 3.05) is 19.0 Å². The van der Waals surface area contributed by atoms with Gasteiger partial charge < -0.3 is 15.4 Å². The number of benzene rings is 1. The topological polar surface area (TPSA) is 33.3 Å². The molecule has 0 fully saturated rings. The van der Waals surface area contributed by atoms with Gasteiger partial charge in [-0.25, -0.2) is 0 Å². The number of methoxy groups -OCH3 is 1. The summed E-state index contributed by atoms with van der Waals surface area (Å²) in [6.07, 6.45) is 12.1. The van der Waals surface area contributed by atoms with Gasteiger partial charge in [0.25, 0.3) is 0 Å². The first-order chi connectivity index (χ1) is 11.3. The molecule has 0 amide bonds. The van der Waals surface area contributed by atoms with E-state index < -0.39 is 0 Å². The van der Waals surface area contributed by atoms with E-state index in [2.05, 4.69) is 17.6 Å². The molecule has 1 aromatic carbocycles. The second-order valence-electron chi connectivity index (χ2n) is 5.94. The van der Waals surface area contributed by atoms with Crippen molar-refractivity contribution in [1.82, 2.24) is 5.32 Å². The zero-order valence-electron chi connectivity index (χ0n) is 14.7. The first-order valence-corrected chi connectivity index (χ1v) is 9.36. The fraction of sp³-hybridized carbons (Fsp3) is 0.632. The van der Waals surface area contributed by atoms with Crippen LogP contribution in [0.3, 0.4) is 0 Å². The summed E-state index contributed by atoms with van der Waals surface area (Å²) in [5.41, 5.74) is 0.953. The SMILES string of the molecule is CCCCCCCCCCCNC(=S)Nc1cccc(OC)c1. The zero-order valence-corrected chi connectivity index (χ0v) is 15.5. The lowest BCUT2D eigenvalue weighted by atomic mass is 10.1. The van der Waals surface area contributed by atoms with Crippen molar-refractivity contribution in [3.05, 3.63) is 24.3 Å². The molecule has 0 unspecified atom stereocenters. The van der Waals surface area contributed by atoms with Gasteiger partial charge >= 0.3 is 0 Å². The van der Waals surface area contributed by atoms with Crippen LogP contribution in [-0.4, -0.2) is 18.8 Å². The van der Waals surface area contributed by atoms with E-state index in [-0.39, 0.29) is 0 Å². The Bertz CT molecular complexity index is 437. The van der Waals surface area contributed by atoms with Crippen LogP contribution < -0.4 is 15.4 Å². The molecular weight excluding hydrogens is 304 g/mol. The number of hydrogen-bond acceptors (Lipinski definition) is 2. The second kappa shape index (κ2) is 13.2. The monoisotopic (exact) mass is 336 g/mol. The van der Waals surface area contributed by atoms with Crippen LogP contribution in [-0.2, 0) is 0 Å². The highest BCUT2D eigenvalue weighted by Crippen LogP contribution is 2.16. The number of anilines is 1. The van der Waals surface area contributed by atoms with E-state index in [4.69, 9.17) is 17.0 Å². The smallest absolute Gasteiger partial charge is 0.170 e. The summed E-state index contributed by atoms with van der Waals surface area (Å²) < 4.78 is 5.20. The number of thiocarbonyl (C=S) groups is 1. The lowest BCUT2D eigenvalue weighted by Gasteiger charge is -2.11. The molecule has 0 aromatic heterocycles. The normalized spacial score (nSPS) is 10.3. The first-order valence-electron chi connectivity index (χ1n) is 8.95. The van der Waals surface area contributed by atoms with Crippen LogP contribution in [0.15, 0.2) is 24.3 Å². The van der Waals surface area contributed by atoms with Gasteiger partial charge in [0.05, 0.1) is 7.11 Å². The maximum atomic E-state index is 5.31. The van der Waals surface area contributed by atoms with Crippen molar-refractivity contribution < 1.29 is 4.74 Å². The minimum Gasteiger partial charge on any atom is -0.497 e. The molecule has 1 aromatic rings. The Kier molecular flexibility index (Phi) is 11.3. The third-order valence-electron chi connectivity index (χ3n) is 3.89. The molecule has 2 N–H and O–H groups in total. The van der Waals surface area contributed by atoms with Crippen molar-refractivity contribution in [2.45, 2.75) is 64.7 Å². The maximum Gasteiger partial charge on any atom is 0.170 e. The average Bonchev–Trinajstić information content (AvgIpc) is 2.56. The molecule has 4 heteroatoms. The average molecular weight is 337 g/mol. The molecule has 23 heavy (non-hydrogen) atoms. The third-order valence-corrected chi connectivity index (χ3v) is 4.14. The third kappa shape index (κ3) is 10.2. The van der Waals surface area contributed by atoms with Crippen LogP contribution in [0.25, 0.3) is 0 Å². The Morgan fingerprint density at radius 1 is 1.00 bits per heavy atom. The van der Waals surface area contributed by atoms with E-state index in [1.54, 1.807) is 7.11 Å². The largest absolute Gasteiger partial charge is 0.497 e. The van der Waals surface area contributed by atoms with Crippen molar-refractivity contribution >= 4 is 23.0 Å². The quantitative estimate of drug-likeness (QED) is 0.389. The Balaban J connectivity index is 1.99. The van der Waals surface area contributed by atoms with Gasteiger partial charge in [0.15, 0.2) is 5.11 Å². The van der Waals surface area contributed by atoms with Crippen LogP contribution in [0.5, 0.6) is 5.75 Å². The fourth-order valence-electron chi connectivity index (χ4n) is 2.51. The Labute approximate surface area is 147 Å². The molecule has 130 valence electrons. The molecule has 0 aliphatic rings. The number of hydrogen-bond donors (Lipinski definition) is 2. The molecule has 0 radical (unpaired) electrons. The summed E-state index contributed by atoms with van der Waals surface area (Å²) in [4.78, 5) is 0. The zero-order chi connectivity index (χ0) is 16.8. The van der Waals surface area contributed by atoms with Gasteiger partial charge in [-0.3, -0.25) is 0 Å². The van der Waals surface area contributed by atoms with Crippen LogP contribution in [0, 0.1) is 0 Å². The molecule has 0 saturated carbocycles. The Morgan fingerprint density at radius 2 is 1.65 bits per heavy atom. The van der Waals surface area contributed by atoms with Gasteiger partial charge in [-0.15, -0.1) is 0 Å².